The van der Waals surface area contributed by atoms with Crippen LogP contribution in [0.1, 0.15) is 18.4 Å². The molecule has 2 heterocycles. The summed E-state index contributed by atoms with van der Waals surface area (Å²) in [6, 6.07) is 3.99. The number of pyridine rings is 1. The Kier molecular flexibility index (Phi) is 4.10. The molecule has 94 valence electrons. The number of hydrogen-bond donors (Lipinski definition) is 1. The molecule has 1 aliphatic heterocycles. The van der Waals surface area contributed by atoms with Gasteiger partial charge in [-0.3, -0.25) is 9.88 Å². The number of rotatable bonds is 4. The van der Waals surface area contributed by atoms with Gasteiger partial charge in [-0.15, -0.1) is 0 Å². The largest absolute Gasteiger partial charge is 0.388 e. The van der Waals surface area contributed by atoms with Crippen molar-refractivity contribution in [3.8, 4) is 0 Å². The number of aromatic nitrogens is 1. The third-order valence-electron chi connectivity index (χ3n) is 3.16. The van der Waals surface area contributed by atoms with Crippen molar-refractivity contribution in [1.29, 1.82) is 0 Å². The van der Waals surface area contributed by atoms with E-state index in [1.54, 1.807) is 6.20 Å². The summed E-state index contributed by atoms with van der Waals surface area (Å²) in [7, 11) is 2.03. The molecule has 2 rings (SSSR count). The quantitative estimate of drug-likeness (QED) is 0.849. The lowest BCUT2D eigenvalue weighted by molar-refractivity contribution is -0.0777. The van der Waals surface area contributed by atoms with E-state index in [1.165, 1.54) is 5.56 Å². The summed E-state index contributed by atoms with van der Waals surface area (Å²) in [5, 5.41) is 10.4. The number of aliphatic hydroxyl groups is 1. The summed E-state index contributed by atoms with van der Waals surface area (Å²) in [6.07, 6.45) is 5.09. The van der Waals surface area contributed by atoms with Crippen molar-refractivity contribution in [3.63, 3.8) is 0 Å². The molecular weight excluding hydrogens is 216 g/mol. The Morgan fingerprint density at radius 1 is 1.47 bits per heavy atom. The maximum atomic E-state index is 10.4. The molecule has 0 aromatic carbocycles. The van der Waals surface area contributed by atoms with Crippen LogP contribution in [0.2, 0.25) is 0 Å². The second kappa shape index (κ2) is 5.58. The highest BCUT2D eigenvalue weighted by Crippen LogP contribution is 2.21. The first-order valence-corrected chi connectivity index (χ1v) is 6.06. The molecule has 0 unspecified atom stereocenters. The molecule has 1 fully saturated rings. The molecule has 1 N–H and O–H groups in total. The van der Waals surface area contributed by atoms with E-state index in [2.05, 4.69) is 16.0 Å². The predicted octanol–water partition coefficient (Wildman–Crippen LogP) is 1.05. The van der Waals surface area contributed by atoms with E-state index in [4.69, 9.17) is 4.74 Å². The summed E-state index contributed by atoms with van der Waals surface area (Å²) < 4.78 is 5.28. The van der Waals surface area contributed by atoms with Crippen LogP contribution in [0.25, 0.3) is 0 Å². The molecule has 17 heavy (non-hydrogen) atoms. The molecule has 1 saturated heterocycles. The zero-order chi connectivity index (χ0) is 12.1. The monoisotopic (exact) mass is 236 g/mol. The molecule has 1 aliphatic rings. The second-order valence-corrected chi connectivity index (χ2v) is 4.87. The zero-order valence-electron chi connectivity index (χ0n) is 10.3. The van der Waals surface area contributed by atoms with Crippen molar-refractivity contribution >= 4 is 0 Å². The van der Waals surface area contributed by atoms with E-state index < -0.39 is 5.60 Å². The molecule has 0 saturated carbocycles. The van der Waals surface area contributed by atoms with Gasteiger partial charge in [-0.2, -0.15) is 0 Å². The third kappa shape index (κ3) is 3.77. The Morgan fingerprint density at radius 3 is 2.88 bits per heavy atom. The second-order valence-electron chi connectivity index (χ2n) is 4.87. The van der Waals surface area contributed by atoms with Gasteiger partial charge >= 0.3 is 0 Å². The standard InChI is InChI=1S/C13H20N2O2/c1-15(10-12-3-2-6-14-9-12)11-13(16)4-7-17-8-5-13/h2-3,6,9,16H,4-5,7-8,10-11H2,1H3. The molecule has 1 aromatic rings. The molecule has 4 nitrogen and oxygen atoms in total. The topological polar surface area (TPSA) is 45.6 Å². The highest BCUT2D eigenvalue weighted by atomic mass is 16.5. The van der Waals surface area contributed by atoms with E-state index in [1.807, 2.05) is 19.3 Å². The van der Waals surface area contributed by atoms with Gasteiger partial charge in [0, 0.05) is 51.5 Å². The number of hydrogen-bond acceptors (Lipinski definition) is 4. The van der Waals surface area contributed by atoms with E-state index in [0.29, 0.717) is 19.8 Å². The van der Waals surface area contributed by atoms with Crippen LogP contribution in [0.15, 0.2) is 24.5 Å². The minimum Gasteiger partial charge on any atom is -0.388 e. The zero-order valence-corrected chi connectivity index (χ0v) is 10.3. The van der Waals surface area contributed by atoms with Crippen molar-refractivity contribution in [2.75, 3.05) is 26.8 Å². The van der Waals surface area contributed by atoms with E-state index in [0.717, 1.165) is 19.4 Å². The van der Waals surface area contributed by atoms with Crippen molar-refractivity contribution in [1.82, 2.24) is 9.88 Å². The van der Waals surface area contributed by atoms with Gasteiger partial charge in [0.15, 0.2) is 0 Å². The lowest BCUT2D eigenvalue weighted by Crippen LogP contribution is -2.45. The van der Waals surface area contributed by atoms with Gasteiger partial charge in [-0.25, -0.2) is 0 Å². The molecule has 0 bridgehead atoms. The molecule has 0 radical (unpaired) electrons. The Hall–Kier alpha value is -0.970. The van der Waals surface area contributed by atoms with Gasteiger partial charge in [0.2, 0.25) is 0 Å². The Balaban J connectivity index is 1.86. The minimum atomic E-state index is -0.588. The van der Waals surface area contributed by atoms with Crippen LogP contribution >= 0.6 is 0 Å². The highest BCUT2D eigenvalue weighted by Gasteiger charge is 2.30. The van der Waals surface area contributed by atoms with Crippen molar-refractivity contribution in [2.45, 2.75) is 25.0 Å². The molecule has 1 aromatic heterocycles. The van der Waals surface area contributed by atoms with Crippen LogP contribution in [-0.4, -0.2) is 47.4 Å². The van der Waals surface area contributed by atoms with Gasteiger partial charge < -0.3 is 9.84 Å². The van der Waals surface area contributed by atoms with Gasteiger partial charge in [0.05, 0.1) is 5.60 Å². The average Bonchev–Trinajstić information content (AvgIpc) is 2.30. The van der Waals surface area contributed by atoms with Gasteiger partial charge in [0.25, 0.3) is 0 Å². The maximum absolute atomic E-state index is 10.4. The first-order valence-electron chi connectivity index (χ1n) is 6.06. The predicted molar refractivity (Wildman–Crippen MR) is 65.6 cm³/mol. The lowest BCUT2D eigenvalue weighted by atomic mass is 9.94. The maximum Gasteiger partial charge on any atom is 0.0817 e. The number of likely N-dealkylation sites (N-methyl/N-ethyl adjacent to an activating group) is 1. The average molecular weight is 236 g/mol. The summed E-state index contributed by atoms with van der Waals surface area (Å²) in [5.41, 5.74) is 0.584. The Bertz CT molecular complexity index is 337. The van der Waals surface area contributed by atoms with Crippen LogP contribution in [0.3, 0.4) is 0 Å². The fourth-order valence-electron chi connectivity index (χ4n) is 2.27. The summed E-state index contributed by atoms with van der Waals surface area (Å²) >= 11 is 0. The molecule has 4 heteroatoms. The molecule has 0 aliphatic carbocycles. The fourth-order valence-corrected chi connectivity index (χ4v) is 2.27. The summed E-state index contributed by atoms with van der Waals surface area (Å²) in [6.45, 7) is 2.83. The Labute approximate surface area is 102 Å². The molecule has 0 atom stereocenters. The molecule has 0 amide bonds. The van der Waals surface area contributed by atoms with Gasteiger partial charge in [-0.05, 0) is 18.7 Å². The van der Waals surface area contributed by atoms with Crippen LogP contribution in [0.4, 0.5) is 0 Å². The number of ether oxygens (including phenoxy) is 1. The highest BCUT2D eigenvalue weighted by molar-refractivity contribution is 5.08. The Morgan fingerprint density at radius 2 is 2.24 bits per heavy atom. The van der Waals surface area contributed by atoms with Crippen molar-refractivity contribution in [2.24, 2.45) is 0 Å². The first kappa shape index (κ1) is 12.5. The van der Waals surface area contributed by atoms with E-state index in [-0.39, 0.29) is 0 Å². The number of nitrogens with zero attached hydrogens (tertiary/aromatic N) is 2. The first-order chi connectivity index (χ1) is 8.18. The SMILES string of the molecule is CN(Cc1cccnc1)CC1(O)CCOCC1. The fraction of sp³-hybridized carbons (Fsp3) is 0.615. The van der Waals surface area contributed by atoms with Gasteiger partial charge in [-0.1, -0.05) is 6.07 Å². The molecular formula is C13H20N2O2. The van der Waals surface area contributed by atoms with Crippen LogP contribution in [0.5, 0.6) is 0 Å². The minimum absolute atomic E-state index is 0.588. The summed E-state index contributed by atoms with van der Waals surface area (Å²) in [4.78, 5) is 6.23. The molecule has 0 spiro atoms. The van der Waals surface area contributed by atoms with Gasteiger partial charge in [0.1, 0.15) is 0 Å². The third-order valence-corrected chi connectivity index (χ3v) is 3.16. The smallest absolute Gasteiger partial charge is 0.0817 e. The van der Waals surface area contributed by atoms with E-state index >= 15 is 0 Å². The van der Waals surface area contributed by atoms with Crippen LogP contribution < -0.4 is 0 Å². The van der Waals surface area contributed by atoms with Crippen molar-refractivity contribution in [3.05, 3.63) is 30.1 Å². The summed E-state index contributed by atoms with van der Waals surface area (Å²) in [5.74, 6) is 0. The van der Waals surface area contributed by atoms with Crippen LogP contribution in [0, 0.1) is 0 Å². The van der Waals surface area contributed by atoms with Crippen LogP contribution in [-0.2, 0) is 11.3 Å². The van der Waals surface area contributed by atoms with E-state index in [9.17, 15) is 5.11 Å². The normalized spacial score (nSPS) is 19.5. The lowest BCUT2D eigenvalue weighted by Gasteiger charge is -2.35. The van der Waals surface area contributed by atoms with Crippen molar-refractivity contribution < 1.29 is 9.84 Å².